The van der Waals surface area contributed by atoms with Crippen LogP contribution in [0.5, 0.6) is 5.75 Å². The number of amides is 1. The lowest BCUT2D eigenvalue weighted by molar-refractivity contribution is 0.102. The third-order valence-electron chi connectivity index (χ3n) is 4.12. The number of carbonyl (C=O) groups excluding carboxylic acids is 1. The minimum atomic E-state index is -0.185. The molecule has 0 aliphatic carbocycles. The van der Waals surface area contributed by atoms with Crippen molar-refractivity contribution in [3.63, 3.8) is 0 Å². The lowest BCUT2D eigenvalue weighted by Crippen LogP contribution is -2.16. The molecule has 0 bridgehead atoms. The second-order valence-corrected chi connectivity index (χ2v) is 6.89. The molecule has 1 amide bonds. The van der Waals surface area contributed by atoms with Crippen molar-refractivity contribution in [3.8, 4) is 5.75 Å². The van der Waals surface area contributed by atoms with Crippen LogP contribution >= 0.6 is 0 Å². The smallest absolute Gasteiger partial charge is 0.259 e. The van der Waals surface area contributed by atoms with Gasteiger partial charge in [-0.25, -0.2) is 0 Å². The predicted octanol–water partition coefficient (Wildman–Crippen LogP) is 4.34. The first-order valence-corrected chi connectivity index (χ1v) is 9.41. The first-order chi connectivity index (χ1) is 13.5. The molecule has 1 aromatic heterocycles. The predicted molar refractivity (Wildman–Crippen MR) is 112 cm³/mol. The van der Waals surface area contributed by atoms with E-state index in [1.165, 1.54) is 0 Å². The Labute approximate surface area is 165 Å². The number of benzene rings is 2. The maximum Gasteiger partial charge on any atom is 0.259 e. The van der Waals surface area contributed by atoms with Crippen molar-refractivity contribution >= 4 is 17.3 Å². The number of rotatable bonds is 8. The number of aromatic nitrogens is 2. The molecular formula is C22H26N4O2. The van der Waals surface area contributed by atoms with Crippen molar-refractivity contribution in [1.29, 1.82) is 0 Å². The minimum absolute atomic E-state index is 0.000415. The van der Waals surface area contributed by atoms with E-state index in [1.54, 1.807) is 12.3 Å². The van der Waals surface area contributed by atoms with Crippen LogP contribution in [-0.4, -0.2) is 28.3 Å². The number of hydrogen-bond donors (Lipinski definition) is 2. The Morgan fingerprint density at radius 1 is 1.14 bits per heavy atom. The maximum atomic E-state index is 12.7. The number of aryl methyl sites for hydroxylation is 1. The fourth-order valence-electron chi connectivity index (χ4n) is 2.79. The van der Waals surface area contributed by atoms with Crippen LogP contribution in [0.2, 0.25) is 0 Å². The molecule has 0 unspecified atom stereocenters. The summed E-state index contributed by atoms with van der Waals surface area (Å²) in [6, 6.07) is 15.2. The van der Waals surface area contributed by atoms with Gasteiger partial charge >= 0.3 is 0 Å². The summed E-state index contributed by atoms with van der Waals surface area (Å²) in [6.45, 7) is 7.43. The molecule has 6 heteroatoms. The summed E-state index contributed by atoms with van der Waals surface area (Å²) in [4.78, 5) is 12.7. The van der Waals surface area contributed by atoms with E-state index in [2.05, 4.69) is 15.7 Å². The number of anilines is 2. The lowest BCUT2D eigenvalue weighted by atomic mass is 10.1. The molecule has 146 valence electrons. The molecule has 0 saturated heterocycles. The van der Waals surface area contributed by atoms with Crippen LogP contribution in [0.25, 0.3) is 0 Å². The highest BCUT2D eigenvalue weighted by Gasteiger charge is 2.14. The number of nitrogens with one attached hydrogen (secondary N) is 2. The first kappa shape index (κ1) is 19.5. The molecule has 2 aromatic carbocycles. The molecule has 3 rings (SSSR count). The van der Waals surface area contributed by atoms with Crippen LogP contribution in [0.1, 0.15) is 29.8 Å². The summed E-state index contributed by atoms with van der Waals surface area (Å²) in [7, 11) is 0. The number of nitrogens with zero attached hydrogens (tertiary/aromatic N) is 2. The van der Waals surface area contributed by atoms with Gasteiger partial charge in [0.05, 0.1) is 18.2 Å². The van der Waals surface area contributed by atoms with Crippen LogP contribution < -0.4 is 15.4 Å². The third kappa shape index (κ3) is 5.36. The molecule has 0 saturated carbocycles. The summed E-state index contributed by atoms with van der Waals surface area (Å²) in [5.74, 6) is 0.416. The van der Waals surface area contributed by atoms with Gasteiger partial charge in [0.1, 0.15) is 5.75 Å². The highest BCUT2D eigenvalue weighted by molar-refractivity contribution is 6.06. The fraction of sp³-hybridized carbons (Fsp3) is 0.273. The van der Waals surface area contributed by atoms with Crippen LogP contribution in [0.4, 0.5) is 11.4 Å². The second kappa shape index (κ2) is 9.08. The third-order valence-corrected chi connectivity index (χ3v) is 4.12. The van der Waals surface area contributed by atoms with Crippen molar-refractivity contribution in [1.82, 2.24) is 9.78 Å². The Morgan fingerprint density at radius 2 is 1.89 bits per heavy atom. The molecule has 0 atom stereocenters. The summed E-state index contributed by atoms with van der Waals surface area (Å²) in [6.07, 6.45) is 3.70. The van der Waals surface area contributed by atoms with Gasteiger partial charge in [0.15, 0.2) is 0 Å². The van der Waals surface area contributed by atoms with Crippen molar-refractivity contribution in [2.24, 2.45) is 0 Å². The SMILES string of the molecule is Cc1ccc(C(=O)Nc2ccc(NCCn3cccn3)cc2)c(OC(C)C)c1. The zero-order chi connectivity index (χ0) is 19.9. The second-order valence-electron chi connectivity index (χ2n) is 6.89. The van der Waals surface area contributed by atoms with Crippen molar-refractivity contribution in [2.45, 2.75) is 33.4 Å². The zero-order valence-electron chi connectivity index (χ0n) is 16.5. The van der Waals surface area contributed by atoms with Crippen molar-refractivity contribution in [3.05, 3.63) is 72.1 Å². The number of hydrogen-bond acceptors (Lipinski definition) is 4. The summed E-state index contributed by atoms with van der Waals surface area (Å²) < 4.78 is 7.68. The van der Waals surface area contributed by atoms with Crippen LogP contribution in [0.15, 0.2) is 60.9 Å². The molecule has 1 heterocycles. The molecule has 0 spiro atoms. The van der Waals surface area contributed by atoms with E-state index < -0.39 is 0 Å². The highest BCUT2D eigenvalue weighted by Crippen LogP contribution is 2.23. The van der Waals surface area contributed by atoms with E-state index in [1.807, 2.05) is 74.1 Å². The normalized spacial score (nSPS) is 10.7. The van der Waals surface area contributed by atoms with Crippen molar-refractivity contribution in [2.75, 3.05) is 17.2 Å². The fourth-order valence-corrected chi connectivity index (χ4v) is 2.79. The van der Waals surface area contributed by atoms with Gasteiger partial charge in [-0.3, -0.25) is 9.48 Å². The lowest BCUT2D eigenvalue weighted by Gasteiger charge is -2.15. The van der Waals surface area contributed by atoms with Crippen LogP contribution in [0.3, 0.4) is 0 Å². The van der Waals surface area contributed by atoms with E-state index in [-0.39, 0.29) is 12.0 Å². The maximum absolute atomic E-state index is 12.7. The van der Waals surface area contributed by atoms with Gasteiger partial charge in [-0.2, -0.15) is 5.10 Å². The van der Waals surface area contributed by atoms with E-state index in [0.29, 0.717) is 11.3 Å². The van der Waals surface area contributed by atoms with Crippen molar-refractivity contribution < 1.29 is 9.53 Å². The highest BCUT2D eigenvalue weighted by atomic mass is 16.5. The van der Waals surface area contributed by atoms with Gasteiger partial charge < -0.3 is 15.4 Å². The van der Waals surface area contributed by atoms with Gasteiger partial charge in [-0.15, -0.1) is 0 Å². The molecule has 0 fully saturated rings. The average molecular weight is 378 g/mol. The molecule has 6 nitrogen and oxygen atoms in total. The molecular weight excluding hydrogens is 352 g/mol. The summed E-state index contributed by atoms with van der Waals surface area (Å²) in [5.41, 5.74) is 3.31. The topological polar surface area (TPSA) is 68.2 Å². The molecule has 0 radical (unpaired) electrons. The minimum Gasteiger partial charge on any atom is -0.490 e. The van der Waals surface area contributed by atoms with Gasteiger partial charge in [0.2, 0.25) is 0 Å². The number of ether oxygens (including phenoxy) is 1. The van der Waals surface area contributed by atoms with E-state index >= 15 is 0 Å². The Balaban J connectivity index is 1.60. The monoisotopic (exact) mass is 378 g/mol. The van der Waals surface area contributed by atoms with E-state index in [9.17, 15) is 4.79 Å². The molecule has 3 aromatic rings. The largest absolute Gasteiger partial charge is 0.490 e. The first-order valence-electron chi connectivity index (χ1n) is 9.41. The Kier molecular flexibility index (Phi) is 6.32. The van der Waals surface area contributed by atoms with E-state index in [4.69, 9.17) is 4.74 Å². The van der Waals surface area contributed by atoms with Gasteiger partial charge in [-0.05, 0) is 68.8 Å². The summed E-state index contributed by atoms with van der Waals surface area (Å²) in [5, 5.41) is 10.4. The Morgan fingerprint density at radius 3 is 2.57 bits per heavy atom. The molecule has 0 aliphatic rings. The Hall–Kier alpha value is -3.28. The van der Waals surface area contributed by atoms with Gasteiger partial charge in [-0.1, -0.05) is 6.07 Å². The Bertz CT molecular complexity index is 903. The van der Waals surface area contributed by atoms with Crippen LogP contribution in [0, 0.1) is 6.92 Å². The van der Waals surface area contributed by atoms with Gasteiger partial charge in [0.25, 0.3) is 5.91 Å². The standard InChI is InChI=1S/C22H26N4O2/c1-16(2)28-21-15-17(3)5-10-20(21)22(27)25-19-8-6-18(7-9-19)23-12-14-26-13-4-11-24-26/h4-11,13,15-16,23H,12,14H2,1-3H3,(H,25,27). The molecule has 28 heavy (non-hydrogen) atoms. The quantitative estimate of drug-likeness (QED) is 0.612. The molecule has 2 N–H and O–H groups in total. The zero-order valence-corrected chi connectivity index (χ0v) is 16.5. The van der Waals surface area contributed by atoms with Gasteiger partial charge in [0, 0.05) is 30.3 Å². The van der Waals surface area contributed by atoms with Crippen LogP contribution in [-0.2, 0) is 6.54 Å². The average Bonchev–Trinajstić information content (AvgIpc) is 3.16. The molecule has 0 aliphatic heterocycles. The summed E-state index contributed by atoms with van der Waals surface area (Å²) >= 11 is 0. The van der Waals surface area contributed by atoms with E-state index in [0.717, 1.165) is 30.0 Å². The number of carbonyl (C=O) groups is 1.